The molecule has 6 aliphatic rings. The topological polar surface area (TPSA) is 310 Å². The Hall–Kier alpha value is -9.25. The number of likely N-dealkylation sites (tertiary alicyclic amines) is 1. The van der Waals surface area contributed by atoms with Crippen LogP contribution in [0.2, 0.25) is 0 Å². The molecule has 103 heavy (non-hydrogen) atoms. The van der Waals surface area contributed by atoms with Gasteiger partial charge in [0.15, 0.2) is 0 Å². The predicted octanol–water partition coefficient (Wildman–Crippen LogP) is 6.07. The summed E-state index contributed by atoms with van der Waals surface area (Å²) in [7, 11) is 0. The molecule has 8 N–H and O–H groups in total. The van der Waals surface area contributed by atoms with Crippen LogP contribution in [-0.4, -0.2) is 151 Å². The van der Waals surface area contributed by atoms with Crippen molar-refractivity contribution in [3.8, 4) is 11.4 Å². The predicted molar refractivity (Wildman–Crippen MR) is 394 cm³/mol. The largest absolute Gasteiger partial charge is 0.380 e. The molecule has 24 nitrogen and oxygen atoms in total. The van der Waals surface area contributed by atoms with Gasteiger partial charge >= 0.3 is 0 Å². The minimum Gasteiger partial charge on any atom is -0.380 e. The number of carbonyl (C=O) groups excluding carboxylic acids is 9. The number of benzene rings is 3. The van der Waals surface area contributed by atoms with Crippen LogP contribution in [0.25, 0.3) is 28.4 Å². The number of halogens is 2. The summed E-state index contributed by atoms with van der Waals surface area (Å²) in [5.74, 6) is -4.22. The molecule has 2 fully saturated rings. The Balaban J connectivity index is 0.549. The highest BCUT2D eigenvalue weighted by Gasteiger charge is 2.42. The first-order valence-corrected chi connectivity index (χ1v) is 36.6. The first kappa shape index (κ1) is 74.9. The van der Waals surface area contributed by atoms with Gasteiger partial charge in [0.25, 0.3) is 5.56 Å². The molecule has 0 radical (unpaired) electrons. The van der Waals surface area contributed by atoms with Gasteiger partial charge in [-0.1, -0.05) is 115 Å². The minimum atomic E-state index is -1.15. The SMILES string of the molecule is C=CC1=C(C=C)N(C(=O)CCNC(=O)C2CCC3(CC2)CCN(C(=O)CCOCCC(=O)NCC(=O)NCC(=O)NC(Cc2ccccc2)C(=O)NCC(=O)NCNCC(=O)NC2CCc4c(C)c(F)cc5nc6c(c2c45)Cn2c-6cc4c(c2=O)COCC4(I)CC)CC3)Cc2ccccc2C=C1. The summed E-state index contributed by atoms with van der Waals surface area (Å²) in [5, 5.41) is 22.6. The number of aryl methyl sites for hydroxylation is 1. The van der Waals surface area contributed by atoms with E-state index in [1.54, 1.807) is 58.9 Å². The fraction of sp³-hybridized carbons (Fsp3) is 0.442. The van der Waals surface area contributed by atoms with E-state index in [1.165, 1.54) is 6.07 Å². The van der Waals surface area contributed by atoms with Crippen molar-refractivity contribution in [1.82, 2.24) is 61.9 Å². The molecule has 1 saturated heterocycles. The highest BCUT2D eigenvalue weighted by Crippen LogP contribution is 2.49. The molecule has 4 aliphatic heterocycles. The molecule has 1 spiro atoms. The van der Waals surface area contributed by atoms with Gasteiger partial charge in [0.1, 0.15) is 11.9 Å². The molecule has 544 valence electrons. The molecular formula is C77H90FIN12O12. The van der Waals surface area contributed by atoms with Gasteiger partial charge in [-0.05, 0) is 127 Å². The number of rotatable bonds is 28. The maximum atomic E-state index is 15.5. The summed E-state index contributed by atoms with van der Waals surface area (Å²) >= 11 is 2.36. The molecule has 2 aliphatic carbocycles. The first-order valence-electron chi connectivity index (χ1n) is 35.5. The number of fused-ring (bicyclic) bond motifs is 6. The summed E-state index contributed by atoms with van der Waals surface area (Å²) in [6, 6.07) is 18.6. The zero-order valence-electron chi connectivity index (χ0n) is 58.3. The molecule has 6 heterocycles. The summed E-state index contributed by atoms with van der Waals surface area (Å²) in [6.07, 6.45) is 14.2. The summed E-state index contributed by atoms with van der Waals surface area (Å²) in [6.45, 7) is 12.8. The third-order valence-electron chi connectivity index (χ3n) is 20.9. The molecule has 11 rings (SSSR count). The van der Waals surface area contributed by atoms with Crippen LogP contribution in [0, 0.1) is 24.1 Å². The third-order valence-corrected chi connectivity index (χ3v) is 22.6. The van der Waals surface area contributed by atoms with E-state index in [0.717, 1.165) is 89.3 Å². The number of ether oxygens (including phenoxy) is 2. The third kappa shape index (κ3) is 17.7. The molecule has 3 unspecified atom stereocenters. The van der Waals surface area contributed by atoms with Gasteiger partial charge in [-0.25, -0.2) is 9.37 Å². The number of piperidine rings is 1. The fourth-order valence-corrected chi connectivity index (χ4v) is 15.7. The van der Waals surface area contributed by atoms with Crippen molar-refractivity contribution in [2.75, 3.05) is 72.3 Å². The van der Waals surface area contributed by atoms with Gasteiger partial charge in [-0.15, -0.1) is 0 Å². The van der Waals surface area contributed by atoms with E-state index in [4.69, 9.17) is 14.5 Å². The Kier molecular flexibility index (Phi) is 24.7. The van der Waals surface area contributed by atoms with E-state index < -0.39 is 64.7 Å². The van der Waals surface area contributed by atoms with E-state index in [2.05, 4.69) is 85.2 Å². The molecule has 2 aromatic heterocycles. The van der Waals surface area contributed by atoms with E-state index in [9.17, 15) is 47.9 Å². The molecular weight excluding hydrogens is 1430 g/mol. The smallest absolute Gasteiger partial charge is 0.257 e. The van der Waals surface area contributed by atoms with E-state index >= 15 is 4.39 Å². The summed E-state index contributed by atoms with van der Waals surface area (Å²) in [5.41, 5.74) is 10.2. The van der Waals surface area contributed by atoms with Crippen LogP contribution >= 0.6 is 22.6 Å². The lowest BCUT2D eigenvalue weighted by molar-refractivity contribution is -0.135. The number of nitrogens with zero attached hydrogens (tertiary/aromatic N) is 4. The van der Waals surface area contributed by atoms with Gasteiger partial charge in [-0.2, -0.15) is 0 Å². The van der Waals surface area contributed by atoms with Crippen LogP contribution in [0.1, 0.15) is 134 Å². The van der Waals surface area contributed by atoms with E-state index in [0.29, 0.717) is 78.4 Å². The standard InChI is InChI=1S/C77H90FIN12O12/c1-5-49-17-18-50-15-11-12-16-52(50)42-90(61(49)6-2)69(98)23-30-81-73(99)51-21-26-76(27-22-51)28-31-89(32-29-76)68(97)25-34-102-33-24-63(92)82-39-64(93)83-41-67(96)87-60(35-48-13-9-8-10-14-48)74(100)84-40-65(94)85-46-80-38-66(95)86-58-20-19-53-47(4)57(78)37-59-70(53)71(58)54-43-91-62(72(54)88-59)36-56-55(75(91)101)44-103-45-77(56,79)7-3/h5-6,8-18,36-37,51,58,60,80H,1-2,7,19-35,38-46H2,3-4H3,(H,81,99)(H,82,92)(H,83,93)(H,84,100)(H,85,94)(H,86,95)(H,87,96). The number of allylic oxidation sites excluding steroid dienone is 4. The Morgan fingerprint density at radius 2 is 1.49 bits per heavy atom. The van der Waals surface area contributed by atoms with Gasteiger partial charge < -0.3 is 61.1 Å². The van der Waals surface area contributed by atoms with E-state index in [1.807, 2.05) is 47.4 Å². The fourth-order valence-electron chi connectivity index (χ4n) is 15.0. The van der Waals surface area contributed by atoms with Crippen molar-refractivity contribution in [1.29, 1.82) is 0 Å². The molecule has 0 bridgehead atoms. The monoisotopic (exact) mass is 1520 g/mol. The van der Waals surface area contributed by atoms with Gasteiger partial charge in [0.05, 0.1) is 111 Å². The number of aromatic nitrogens is 2. The molecule has 5 aromatic rings. The lowest BCUT2D eigenvalue weighted by Crippen LogP contribution is -2.52. The average Bonchev–Trinajstić information content (AvgIpc) is 1.60. The van der Waals surface area contributed by atoms with Crippen molar-refractivity contribution < 1.29 is 57.0 Å². The molecule has 26 heteroatoms. The Bertz CT molecular complexity index is 4270. The molecule has 9 amide bonds. The molecule has 3 atom stereocenters. The van der Waals surface area contributed by atoms with Crippen molar-refractivity contribution in [2.24, 2.45) is 11.3 Å². The maximum Gasteiger partial charge on any atom is 0.257 e. The Labute approximate surface area is 611 Å². The van der Waals surface area contributed by atoms with Crippen LogP contribution in [0.15, 0.2) is 114 Å². The van der Waals surface area contributed by atoms with Gasteiger partial charge in [-0.3, -0.25) is 53.3 Å². The zero-order valence-corrected chi connectivity index (χ0v) is 60.5. The molecule has 1 saturated carbocycles. The number of hydrogen-bond donors (Lipinski definition) is 8. The first-order chi connectivity index (χ1) is 49.7. The zero-order chi connectivity index (χ0) is 73.0. The quantitative estimate of drug-likeness (QED) is 0.0120. The van der Waals surface area contributed by atoms with Crippen molar-refractivity contribution in [3.05, 3.63) is 176 Å². The van der Waals surface area contributed by atoms with Crippen LogP contribution in [0.4, 0.5) is 4.39 Å². The van der Waals surface area contributed by atoms with Crippen molar-refractivity contribution in [2.45, 2.75) is 133 Å². The Morgan fingerprint density at radius 3 is 2.24 bits per heavy atom. The van der Waals surface area contributed by atoms with Crippen molar-refractivity contribution in [3.63, 3.8) is 0 Å². The number of pyridine rings is 2. The number of alkyl halides is 1. The normalized spacial score (nSPS) is 18.2. The second kappa shape index (κ2) is 33.9. The summed E-state index contributed by atoms with van der Waals surface area (Å²) < 4.78 is 28.3. The second-order valence-electron chi connectivity index (χ2n) is 27.3. The van der Waals surface area contributed by atoms with Crippen LogP contribution in [-0.2, 0) is 88.6 Å². The summed E-state index contributed by atoms with van der Waals surface area (Å²) in [4.78, 5) is 142. The van der Waals surface area contributed by atoms with Gasteiger partial charge in [0, 0.05) is 67.4 Å². The van der Waals surface area contributed by atoms with E-state index in [-0.39, 0.29) is 118 Å². The van der Waals surface area contributed by atoms with Crippen LogP contribution in [0.5, 0.6) is 0 Å². The number of nitrogens with one attached hydrogen (secondary N) is 8. The van der Waals surface area contributed by atoms with Gasteiger partial charge in [0.2, 0.25) is 53.2 Å². The lowest BCUT2D eigenvalue weighted by atomic mass is 9.65. The average molecular weight is 1520 g/mol. The highest BCUT2D eigenvalue weighted by atomic mass is 127. The molecule has 3 aromatic carbocycles. The minimum absolute atomic E-state index is 0.0104. The van der Waals surface area contributed by atoms with Crippen molar-refractivity contribution >= 4 is 92.7 Å². The second-order valence-corrected chi connectivity index (χ2v) is 29.4. The van der Waals surface area contributed by atoms with Crippen LogP contribution < -0.4 is 48.1 Å². The lowest BCUT2D eigenvalue weighted by Gasteiger charge is -2.45. The maximum absolute atomic E-state index is 15.5. The number of amides is 9. The highest BCUT2D eigenvalue weighted by molar-refractivity contribution is 14.1. The Morgan fingerprint density at radius 1 is 0.767 bits per heavy atom. The number of carbonyl (C=O) groups is 9. The number of hydrogen-bond acceptors (Lipinski definition) is 14. The van der Waals surface area contributed by atoms with Crippen LogP contribution in [0.3, 0.4) is 0 Å².